The number of benzene rings is 2. The lowest BCUT2D eigenvalue weighted by atomic mass is 9.99. The molecule has 11 heteroatoms. The number of carboxylic acids is 1. The number of alkyl halides is 3. The van der Waals surface area contributed by atoms with Gasteiger partial charge in [0.25, 0.3) is 0 Å². The maximum atomic E-state index is 13.1. The van der Waals surface area contributed by atoms with Gasteiger partial charge in [-0.15, -0.1) is 0 Å². The lowest BCUT2D eigenvalue weighted by molar-refractivity contribution is -0.143. The first kappa shape index (κ1) is 25.7. The summed E-state index contributed by atoms with van der Waals surface area (Å²) in [6.07, 6.45) is -8.06. The molecular weight excluding hydrogens is 445 g/mol. The average molecular weight is 468 g/mol. The van der Waals surface area contributed by atoms with E-state index in [1.165, 1.54) is 12.1 Å². The molecule has 2 amide bonds. The molecule has 0 spiro atoms. The number of ether oxygens (including phenoxy) is 1. The van der Waals surface area contributed by atoms with Gasteiger partial charge < -0.3 is 25.6 Å². The average Bonchev–Trinajstić information content (AvgIpc) is 2.76. The van der Waals surface area contributed by atoms with Crippen LogP contribution in [0.15, 0.2) is 54.6 Å². The molecule has 0 saturated heterocycles. The van der Waals surface area contributed by atoms with Crippen LogP contribution in [-0.2, 0) is 33.5 Å². The number of alkyl carbamates (subject to hydrolysis) is 1. The van der Waals surface area contributed by atoms with Gasteiger partial charge in [-0.2, -0.15) is 13.2 Å². The van der Waals surface area contributed by atoms with Crippen LogP contribution < -0.4 is 10.6 Å². The number of aliphatic carboxylic acids is 1. The lowest BCUT2D eigenvalue weighted by Gasteiger charge is -2.19. The van der Waals surface area contributed by atoms with Gasteiger partial charge in [0.1, 0.15) is 12.6 Å². The lowest BCUT2D eigenvalue weighted by Crippen LogP contribution is -2.44. The van der Waals surface area contributed by atoms with Gasteiger partial charge in [0.2, 0.25) is 5.91 Å². The Bertz CT molecular complexity index is 953. The Kier molecular flexibility index (Phi) is 9.22. The van der Waals surface area contributed by atoms with E-state index in [0.717, 1.165) is 17.7 Å². The van der Waals surface area contributed by atoms with Crippen molar-refractivity contribution in [3.05, 3.63) is 71.3 Å². The second-order valence-corrected chi connectivity index (χ2v) is 7.12. The SMILES string of the molecule is O=C(C[C@@H](O)CNC(=O)OCc1ccccc1)N[C@@H](Cc1ccccc1C(F)(F)F)C(=O)O. The van der Waals surface area contributed by atoms with Gasteiger partial charge in [-0.05, 0) is 17.2 Å². The molecule has 33 heavy (non-hydrogen) atoms. The predicted octanol–water partition coefficient (Wildman–Crippen LogP) is 2.49. The quantitative estimate of drug-likeness (QED) is 0.425. The molecule has 2 aromatic carbocycles. The van der Waals surface area contributed by atoms with Crippen LogP contribution in [0.1, 0.15) is 23.1 Å². The molecule has 0 aromatic heterocycles. The predicted molar refractivity (Wildman–Crippen MR) is 110 cm³/mol. The molecule has 0 fully saturated rings. The Morgan fingerprint density at radius 2 is 1.64 bits per heavy atom. The summed E-state index contributed by atoms with van der Waals surface area (Å²) in [4.78, 5) is 35.2. The van der Waals surface area contributed by atoms with Gasteiger partial charge in [0.05, 0.1) is 18.1 Å². The van der Waals surface area contributed by atoms with Gasteiger partial charge >= 0.3 is 18.2 Å². The molecule has 0 aliphatic rings. The maximum absolute atomic E-state index is 13.1. The highest BCUT2D eigenvalue weighted by atomic mass is 19.4. The summed E-state index contributed by atoms with van der Waals surface area (Å²) in [5.41, 5.74) is -0.538. The minimum atomic E-state index is -4.68. The first-order valence-electron chi connectivity index (χ1n) is 9.86. The molecule has 0 radical (unpaired) electrons. The zero-order valence-corrected chi connectivity index (χ0v) is 17.3. The molecule has 4 N–H and O–H groups in total. The van der Waals surface area contributed by atoms with Crippen LogP contribution in [-0.4, -0.2) is 46.9 Å². The molecule has 0 aliphatic carbocycles. The van der Waals surface area contributed by atoms with Gasteiger partial charge in [-0.25, -0.2) is 9.59 Å². The Hall–Kier alpha value is -3.60. The first-order chi connectivity index (χ1) is 15.6. The smallest absolute Gasteiger partial charge is 0.416 e. The summed E-state index contributed by atoms with van der Waals surface area (Å²) < 4.78 is 44.3. The maximum Gasteiger partial charge on any atom is 0.416 e. The number of halogens is 3. The number of aliphatic hydroxyl groups excluding tert-OH is 1. The van der Waals surface area contributed by atoms with Crippen molar-refractivity contribution >= 4 is 18.0 Å². The number of aliphatic hydroxyl groups is 1. The van der Waals surface area contributed by atoms with E-state index >= 15 is 0 Å². The van der Waals surface area contributed by atoms with Crippen LogP contribution >= 0.6 is 0 Å². The van der Waals surface area contributed by atoms with E-state index in [1.807, 2.05) is 0 Å². The summed E-state index contributed by atoms with van der Waals surface area (Å²) in [6, 6.07) is 11.7. The van der Waals surface area contributed by atoms with Crippen LogP contribution in [0.3, 0.4) is 0 Å². The van der Waals surface area contributed by atoms with Crippen molar-refractivity contribution in [2.75, 3.05) is 6.54 Å². The minimum Gasteiger partial charge on any atom is -0.480 e. The number of carbonyl (C=O) groups excluding carboxylic acids is 2. The van der Waals surface area contributed by atoms with Gasteiger partial charge in [-0.3, -0.25) is 4.79 Å². The molecule has 0 aliphatic heterocycles. The minimum absolute atomic E-state index is 0.00292. The van der Waals surface area contributed by atoms with Crippen LogP contribution in [0, 0.1) is 0 Å². The standard InChI is InChI=1S/C22H23F3N2O6/c23-22(24,25)17-9-5-4-8-15(17)10-18(20(30)31)27-19(29)11-16(28)12-26-21(32)33-13-14-6-2-1-3-7-14/h1-9,16,18,28H,10-13H2,(H,26,32)(H,27,29)(H,30,31)/t16-,18+/m1/s1. The Balaban J connectivity index is 1.83. The zero-order valence-electron chi connectivity index (χ0n) is 17.3. The Morgan fingerprint density at radius 1 is 1.00 bits per heavy atom. The number of hydrogen-bond donors (Lipinski definition) is 4. The topological polar surface area (TPSA) is 125 Å². The fourth-order valence-electron chi connectivity index (χ4n) is 2.91. The first-order valence-corrected chi connectivity index (χ1v) is 9.86. The fraction of sp³-hybridized carbons (Fsp3) is 0.318. The largest absolute Gasteiger partial charge is 0.480 e. The fourth-order valence-corrected chi connectivity index (χ4v) is 2.91. The highest BCUT2D eigenvalue weighted by molar-refractivity contribution is 5.84. The number of rotatable bonds is 10. The number of carbonyl (C=O) groups is 3. The van der Waals surface area contributed by atoms with Crippen molar-refractivity contribution in [1.29, 1.82) is 0 Å². The van der Waals surface area contributed by atoms with Crippen molar-refractivity contribution in [2.45, 2.75) is 37.8 Å². The summed E-state index contributed by atoms with van der Waals surface area (Å²) in [7, 11) is 0. The second kappa shape index (κ2) is 11.9. The zero-order chi connectivity index (χ0) is 24.4. The summed E-state index contributed by atoms with van der Waals surface area (Å²) in [6.45, 7) is -0.349. The van der Waals surface area contributed by atoms with E-state index in [1.54, 1.807) is 30.3 Å². The van der Waals surface area contributed by atoms with Crippen LogP contribution in [0.2, 0.25) is 0 Å². The van der Waals surface area contributed by atoms with Crippen molar-refractivity contribution in [3.8, 4) is 0 Å². The van der Waals surface area contributed by atoms with Gasteiger partial charge in [-0.1, -0.05) is 48.5 Å². The summed E-state index contributed by atoms with van der Waals surface area (Å²) >= 11 is 0. The number of nitrogens with one attached hydrogen (secondary N) is 2. The Morgan fingerprint density at radius 3 is 2.27 bits per heavy atom. The molecule has 0 saturated carbocycles. The van der Waals surface area contributed by atoms with Crippen LogP contribution in [0.25, 0.3) is 0 Å². The monoisotopic (exact) mass is 468 g/mol. The highest BCUT2D eigenvalue weighted by Crippen LogP contribution is 2.32. The van der Waals surface area contributed by atoms with E-state index in [9.17, 15) is 37.8 Å². The molecular formula is C22H23F3N2O6. The van der Waals surface area contributed by atoms with Crippen molar-refractivity contribution < 1.29 is 42.5 Å². The number of hydrogen-bond acceptors (Lipinski definition) is 5. The van der Waals surface area contributed by atoms with E-state index in [2.05, 4.69) is 10.6 Å². The third-order valence-corrected chi connectivity index (χ3v) is 4.50. The van der Waals surface area contributed by atoms with Gasteiger partial charge in [0, 0.05) is 13.0 Å². The van der Waals surface area contributed by atoms with Crippen molar-refractivity contribution in [3.63, 3.8) is 0 Å². The second-order valence-electron chi connectivity index (χ2n) is 7.12. The molecule has 8 nitrogen and oxygen atoms in total. The van der Waals surface area contributed by atoms with Crippen molar-refractivity contribution in [2.24, 2.45) is 0 Å². The molecule has 0 heterocycles. The molecule has 2 aromatic rings. The molecule has 2 rings (SSSR count). The molecule has 0 bridgehead atoms. The normalized spacial score (nSPS) is 13.0. The van der Waals surface area contributed by atoms with E-state index in [0.29, 0.717) is 0 Å². The highest BCUT2D eigenvalue weighted by Gasteiger charge is 2.34. The molecule has 2 atom stereocenters. The summed E-state index contributed by atoms with van der Waals surface area (Å²) in [5, 5.41) is 23.6. The third kappa shape index (κ3) is 8.81. The van der Waals surface area contributed by atoms with E-state index in [4.69, 9.17) is 4.74 Å². The third-order valence-electron chi connectivity index (χ3n) is 4.50. The number of amides is 2. The van der Waals surface area contributed by atoms with E-state index < -0.39 is 54.7 Å². The molecule has 0 unspecified atom stereocenters. The Labute approximate surface area is 187 Å². The van der Waals surface area contributed by atoms with Crippen LogP contribution in [0.5, 0.6) is 0 Å². The number of carboxylic acid groups (broad SMARTS) is 1. The van der Waals surface area contributed by atoms with Crippen molar-refractivity contribution in [1.82, 2.24) is 10.6 Å². The summed E-state index contributed by atoms with van der Waals surface area (Å²) in [5.74, 6) is -2.43. The van der Waals surface area contributed by atoms with Gasteiger partial charge in [0.15, 0.2) is 0 Å². The van der Waals surface area contributed by atoms with Crippen LogP contribution in [0.4, 0.5) is 18.0 Å². The van der Waals surface area contributed by atoms with E-state index in [-0.39, 0.29) is 18.7 Å². The molecule has 178 valence electrons.